The molecule has 0 aliphatic rings. The molecule has 2 unspecified atom stereocenters. The normalized spacial score (nSPS) is 14.9. The zero-order chi connectivity index (χ0) is 12.3. The molecule has 1 aromatic rings. The maximum atomic E-state index is 5.76. The summed E-state index contributed by atoms with van der Waals surface area (Å²) in [7, 11) is 2.01. The van der Waals surface area contributed by atoms with Crippen molar-refractivity contribution in [1.82, 2.24) is 5.32 Å². The summed E-state index contributed by atoms with van der Waals surface area (Å²) in [5, 5.41) is 3.38. The highest BCUT2D eigenvalue weighted by Crippen LogP contribution is 2.27. The summed E-state index contributed by atoms with van der Waals surface area (Å²) >= 11 is 0. The molecule has 0 aliphatic heterocycles. The molecule has 0 radical (unpaired) electrons. The largest absolute Gasteiger partial charge is 0.330 e. The van der Waals surface area contributed by atoms with Gasteiger partial charge in [0.1, 0.15) is 0 Å². The van der Waals surface area contributed by atoms with Crippen LogP contribution in [0.2, 0.25) is 0 Å². The highest BCUT2D eigenvalue weighted by Gasteiger charge is 2.18. The van der Waals surface area contributed by atoms with Crippen LogP contribution >= 0.6 is 0 Å². The van der Waals surface area contributed by atoms with E-state index in [2.05, 4.69) is 45.1 Å². The number of hydrogen-bond acceptors (Lipinski definition) is 2. The third-order valence-corrected chi connectivity index (χ3v) is 3.69. The van der Waals surface area contributed by atoms with Gasteiger partial charge in [0.05, 0.1) is 0 Å². The maximum absolute atomic E-state index is 5.76. The second-order valence-corrected chi connectivity index (χ2v) is 4.70. The molecule has 16 heavy (non-hydrogen) atoms. The fourth-order valence-corrected chi connectivity index (χ4v) is 2.20. The topological polar surface area (TPSA) is 38.0 Å². The van der Waals surface area contributed by atoms with Gasteiger partial charge in [-0.25, -0.2) is 0 Å². The molecular formula is C14H24N2. The van der Waals surface area contributed by atoms with Crippen molar-refractivity contribution in [1.29, 1.82) is 0 Å². The Hall–Kier alpha value is -0.860. The predicted molar refractivity (Wildman–Crippen MR) is 70.7 cm³/mol. The first kappa shape index (κ1) is 13.2. The van der Waals surface area contributed by atoms with Gasteiger partial charge in [0.15, 0.2) is 0 Å². The van der Waals surface area contributed by atoms with Crippen molar-refractivity contribution in [2.45, 2.75) is 33.7 Å². The number of benzene rings is 1. The number of nitrogens with two attached hydrogens (primary N) is 1. The first-order chi connectivity index (χ1) is 7.52. The Labute approximate surface area is 99.2 Å². The van der Waals surface area contributed by atoms with E-state index in [4.69, 9.17) is 5.73 Å². The first-order valence-electron chi connectivity index (χ1n) is 5.97. The molecule has 1 rings (SSSR count). The van der Waals surface area contributed by atoms with Crippen LogP contribution in [-0.4, -0.2) is 13.6 Å². The van der Waals surface area contributed by atoms with E-state index in [0.29, 0.717) is 18.5 Å². The molecule has 2 atom stereocenters. The summed E-state index contributed by atoms with van der Waals surface area (Å²) in [4.78, 5) is 0. The van der Waals surface area contributed by atoms with Gasteiger partial charge in [0.25, 0.3) is 0 Å². The van der Waals surface area contributed by atoms with Gasteiger partial charge in [-0.3, -0.25) is 0 Å². The smallest absolute Gasteiger partial charge is 0.0358 e. The lowest BCUT2D eigenvalue weighted by molar-refractivity contribution is 0.418. The number of rotatable bonds is 4. The molecule has 0 spiro atoms. The molecule has 2 heteroatoms. The standard InChI is InChI=1S/C14H24N2/c1-9-6-7-13(12(4)11(9)3)14(16-5)10(2)8-15/h6-7,10,14,16H,8,15H2,1-5H3. The highest BCUT2D eigenvalue weighted by atomic mass is 14.9. The Morgan fingerprint density at radius 2 is 1.81 bits per heavy atom. The monoisotopic (exact) mass is 220 g/mol. The van der Waals surface area contributed by atoms with E-state index >= 15 is 0 Å². The van der Waals surface area contributed by atoms with E-state index in [0.717, 1.165) is 0 Å². The van der Waals surface area contributed by atoms with Crippen molar-refractivity contribution in [2.75, 3.05) is 13.6 Å². The zero-order valence-electron chi connectivity index (χ0n) is 11.1. The van der Waals surface area contributed by atoms with Crippen molar-refractivity contribution < 1.29 is 0 Å². The Kier molecular flexibility index (Phi) is 4.51. The second kappa shape index (κ2) is 5.46. The van der Waals surface area contributed by atoms with E-state index in [1.165, 1.54) is 22.3 Å². The Bertz CT molecular complexity index is 358. The molecule has 0 saturated heterocycles. The van der Waals surface area contributed by atoms with Gasteiger partial charge >= 0.3 is 0 Å². The van der Waals surface area contributed by atoms with Crippen LogP contribution in [0.15, 0.2) is 12.1 Å². The average molecular weight is 220 g/mol. The molecule has 3 N–H and O–H groups in total. The number of hydrogen-bond donors (Lipinski definition) is 2. The third kappa shape index (κ3) is 2.45. The summed E-state index contributed by atoms with van der Waals surface area (Å²) in [5.41, 5.74) is 11.3. The van der Waals surface area contributed by atoms with Crippen molar-refractivity contribution in [3.8, 4) is 0 Å². The highest BCUT2D eigenvalue weighted by molar-refractivity contribution is 5.40. The fraction of sp³-hybridized carbons (Fsp3) is 0.571. The summed E-state index contributed by atoms with van der Waals surface area (Å²) in [6.45, 7) is 9.44. The lowest BCUT2D eigenvalue weighted by atomic mass is 9.88. The van der Waals surface area contributed by atoms with Crippen molar-refractivity contribution in [3.05, 3.63) is 34.4 Å². The van der Waals surface area contributed by atoms with Gasteiger partial charge in [-0.2, -0.15) is 0 Å². The zero-order valence-corrected chi connectivity index (χ0v) is 11.1. The SMILES string of the molecule is CNC(c1ccc(C)c(C)c1C)C(C)CN. The van der Waals surface area contributed by atoms with E-state index in [9.17, 15) is 0 Å². The van der Waals surface area contributed by atoms with Crippen molar-refractivity contribution in [2.24, 2.45) is 11.7 Å². The molecule has 2 nitrogen and oxygen atoms in total. The van der Waals surface area contributed by atoms with E-state index in [1.54, 1.807) is 0 Å². The van der Waals surface area contributed by atoms with Crippen LogP contribution in [0.1, 0.15) is 35.2 Å². The van der Waals surface area contributed by atoms with E-state index in [1.807, 2.05) is 7.05 Å². The summed E-state index contributed by atoms with van der Waals surface area (Å²) in [6.07, 6.45) is 0. The van der Waals surface area contributed by atoms with Crippen molar-refractivity contribution >= 4 is 0 Å². The van der Waals surface area contributed by atoms with Gasteiger partial charge in [0, 0.05) is 6.04 Å². The van der Waals surface area contributed by atoms with Crippen LogP contribution in [0.25, 0.3) is 0 Å². The molecular weight excluding hydrogens is 196 g/mol. The lowest BCUT2D eigenvalue weighted by Gasteiger charge is -2.25. The minimum Gasteiger partial charge on any atom is -0.330 e. The summed E-state index contributed by atoms with van der Waals surface area (Å²) in [6, 6.07) is 4.78. The van der Waals surface area contributed by atoms with Gasteiger partial charge in [-0.1, -0.05) is 19.1 Å². The van der Waals surface area contributed by atoms with Crippen LogP contribution in [0.5, 0.6) is 0 Å². The quantitative estimate of drug-likeness (QED) is 0.818. The molecule has 0 bridgehead atoms. The number of nitrogens with one attached hydrogen (secondary N) is 1. The van der Waals surface area contributed by atoms with Crippen LogP contribution in [0.4, 0.5) is 0 Å². The van der Waals surface area contributed by atoms with Crippen LogP contribution in [-0.2, 0) is 0 Å². The molecule has 0 amide bonds. The van der Waals surface area contributed by atoms with Gasteiger partial charge in [-0.15, -0.1) is 0 Å². The maximum Gasteiger partial charge on any atom is 0.0358 e. The molecule has 1 aromatic carbocycles. The van der Waals surface area contributed by atoms with Gasteiger partial charge in [0.2, 0.25) is 0 Å². The minimum atomic E-state index is 0.351. The Balaban J connectivity index is 3.16. The summed E-state index contributed by atoms with van der Waals surface area (Å²) in [5.74, 6) is 0.450. The molecule has 0 fully saturated rings. The van der Waals surface area contributed by atoms with Crippen molar-refractivity contribution in [3.63, 3.8) is 0 Å². The first-order valence-corrected chi connectivity index (χ1v) is 5.97. The lowest BCUT2D eigenvalue weighted by Crippen LogP contribution is -2.29. The number of aryl methyl sites for hydroxylation is 1. The average Bonchev–Trinajstić information content (AvgIpc) is 2.29. The Morgan fingerprint density at radius 3 is 2.31 bits per heavy atom. The molecule has 0 aliphatic carbocycles. The second-order valence-electron chi connectivity index (χ2n) is 4.70. The minimum absolute atomic E-state index is 0.351. The fourth-order valence-electron chi connectivity index (χ4n) is 2.20. The Morgan fingerprint density at radius 1 is 1.19 bits per heavy atom. The van der Waals surface area contributed by atoms with Crippen LogP contribution < -0.4 is 11.1 Å². The summed E-state index contributed by atoms with van der Waals surface area (Å²) < 4.78 is 0. The molecule has 0 saturated carbocycles. The molecule has 0 heterocycles. The van der Waals surface area contributed by atoms with Crippen LogP contribution in [0, 0.1) is 26.7 Å². The predicted octanol–water partition coefficient (Wildman–Crippen LogP) is 2.47. The third-order valence-electron chi connectivity index (χ3n) is 3.69. The van der Waals surface area contributed by atoms with Gasteiger partial charge < -0.3 is 11.1 Å². The van der Waals surface area contributed by atoms with E-state index in [-0.39, 0.29) is 0 Å². The van der Waals surface area contributed by atoms with Gasteiger partial charge in [-0.05, 0) is 62.5 Å². The van der Waals surface area contributed by atoms with E-state index < -0.39 is 0 Å². The molecule has 90 valence electrons. The van der Waals surface area contributed by atoms with Crippen LogP contribution in [0.3, 0.4) is 0 Å². The molecule has 0 aromatic heterocycles.